The fourth-order valence-electron chi connectivity index (χ4n) is 2.58. The number of fused-ring (bicyclic) bond motifs is 1. The summed E-state index contributed by atoms with van der Waals surface area (Å²) in [6.07, 6.45) is -0.981. The van der Waals surface area contributed by atoms with Crippen molar-refractivity contribution in [2.75, 3.05) is 20.0 Å². The molecule has 1 unspecified atom stereocenters. The third-order valence-corrected chi connectivity index (χ3v) is 5.03. The fraction of sp³-hybridized carbons (Fsp3) is 0.188. The van der Waals surface area contributed by atoms with Crippen LogP contribution in [0.2, 0.25) is 15.2 Å². The number of esters is 1. The molecule has 9 nitrogen and oxygen atoms in total. The van der Waals surface area contributed by atoms with Gasteiger partial charge in [0.15, 0.2) is 28.6 Å². The van der Waals surface area contributed by atoms with Gasteiger partial charge in [-0.2, -0.15) is 5.43 Å². The Morgan fingerprint density at radius 3 is 2.57 bits per heavy atom. The van der Waals surface area contributed by atoms with Gasteiger partial charge in [0.2, 0.25) is 0 Å². The highest BCUT2D eigenvalue weighted by atomic mass is 35.5. The van der Waals surface area contributed by atoms with E-state index in [9.17, 15) is 9.59 Å². The van der Waals surface area contributed by atoms with Crippen molar-refractivity contribution in [3.8, 4) is 11.5 Å². The number of halogens is 3. The molecule has 0 radical (unpaired) electrons. The lowest BCUT2D eigenvalue weighted by Crippen LogP contribution is -2.40. The first kappa shape index (κ1) is 20.3. The minimum Gasteiger partial charge on any atom is -0.493 e. The second-order valence-electron chi connectivity index (χ2n) is 5.44. The lowest BCUT2D eigenvalue weighted by atomic mass is 10.1. The van der Waals surface area contributed by atoms with Gasteiger partial charge in [0, 0.05) is 5.56 Å². The summed E-state index contributed by atoms with van der Waals surface area (Å²) in [5, 5.41) is -0.400. The summed E-state index contributed by atoms with van der Waals surface area (Å²) in [5.41, 5.74) is 10.9. The molecular weight excluding hydrogens is 435 g/mol. The van der Waals surface area contributed by atoms with Crippen LogP contribution in [0.3, 0.4) is 0 Å². The van der Waals surface area contributed by atoms with Crippen LogP contribution >= 0.6 is 34.8 Å². The first-order chi connectivity index (χ1) is 13.3. The molecule has 0 aliphatic carbocycles. The number of anilines is 1. The third kappa shape index (κ3) is 3.37. The molecule has 2 heterocycles. The standard InChI is InChI=1S/C16H13Cl3N4O5/c1-26-6-4-3-5-7(12(6)27-2)16(25)28-15(5)23-22-14(24)11-8(17)10(20)9(18)13(19)21-11/h3-4,15,23H,1-2H3,(H2,20,21)(H,22,24). The molecule has 4 N–H and O–H groups in total. The van der Waals surface area contributed by atoms with Gasteiger partial charge in [-0.3, -0.25) is 10.2 Å². The lowest BCUT2D eigenvalue weighted by Gasteiger charge is -2.15. The Balaban J connectivity index is 1.83. The number of nitrogens with one attached hydrogen (secondary N) is 2. The maximum Gasteiger partial charge on any atom is 0.344 e. The van der Waals surface area contributed by atoms with E-state index in [1.165, 1.54) is 14.2 Å². The first-order valence-electron chi connectivity index (χ1n) is 7.61. The molecule has 0 fully saturated rings. The molecule has 1 amide bonds. The summed E-state index contributed by atoms with van der Waals surface area (Å²) in [5.74, 6) is -0.819. The van der Waals surface area contributed by atoms with Gasteiger partial charge in [0.1, 0.15) is 10.6 Å². The van der Waals surface area contributed by atoms with E-state index < -0.39 is 18.1 Å². The van der Waals surface area contributed by atoms with Crippen LogP contribution in [0.25, 0.3) is 0 Å². The summed E-state index contributed by atoms with van der Waals surface area (Å²) < 4.78 is 15.6. The molecule has 1 aliphatic rings. The van der Waals surface area contributed by atoms with Gasteiger partial charge in [-0.25, -0.2) is 9.78 Å². The Labute approximate surface area is 174 Å². The summed E-state index contributed by atoms with van der Waals surface area (Å²) in [4.78, 5) is 28.4. The van der Waals surface area contributed by atoms with Crippen molar-refractivity contribution in [3.05, 3.63) is 44.2 Å². The van der Waals surface area contributed by atoms with Gasteiger partial charge in [-0.15, -0.1) is 0 Å². The van der Waals surface area contributed by atoms with E-state index in [-0.39, 0.29) is 37.9 Å². The van der Waals surface area contributed by atoms with Crippen LogP contribution in [0.5, 0.6) is 11.5 Å². The van der Waals surface area contributed by atoms with Crippen molar-refractivity contribution in [2.45, 2.75) is 6.23 Å². The van der Waals surface area contributed by atoms with E-state index in [0.717, 1.165) is 0 Å². The second-order valence-corrected chi connectivity index (χ2v) is 6.56. The van der Waals surface area contributed by atoms with Crippen LogP contribution in [0, 0.1) is 0 Å². The van der Waals surface area contributed by atoms with Gasteiger partial charge in [-0.05, 0) is 12.1 Å². The fourth-order valence-corrected chi connectivity index (χ4v) is 3.17. The lowest BCUT2D eigenvalue weighted by molar-refractivity contribution is 0.0259. The smallest absolute Gasteiger partial charge is 0.344 e. The molecule has 0 saturated heterocycles. The molecule has 1 aliphatic heterocycles. The van der Waals surface area contributed by atoms with Crippen molar-refractivity contribution in [1.82, 2.24) is 15.8 Å². The average Bonchev–Trinajstić information content (AvgIpc) is 3.02. The van der Waals surface area contributed by atoms with E-state index in [1.807, 2.05) is 0 Å². The zero-order valence-corrected chi connectivity index (χ0v) is 16.7. The normalized spacial score (nSPS) is 15.0. The van der Waals surface area contributed by atoms with Gasteiger partial charge in [-0.1, -0.05) is 34.8 Å². The molecule has 28 heavy (non-hydrogen) atoms. The number of nitrogens with zero attached hydrogens (tertiary/aromatic N) is 1. The minimum absolute atomic E-state index is 0.0594. The number of ether oxygens (including phenoxy) is 3. The number of carbonyl (C=O) groups is 2. The van der Waals surface area contributed by atoms with Crippen molar-refractivity contribution in [2.24, 2.45) is 0 Å². The number of hydrogen-bond acceptors (Lipinski definition) is 8. The van der Waals surface area contributed by atoms with Crippen LogP contribution in [-0.4, -0.2) is 31.1 Å². The Morgan fingerprint density at radius 2 is 1.93 bits per heavy atom. The van der Waals surface area contributed by atoms with Crippen LogP contribution in [0.4, 0.5) is 5.69 Å². The molecule has 148 valence electrons. The quantitative estimate of drug-likeness (QED) is 0.363. The number of rotatable bonds is 5. The summed E-state index contributed by atoms with van der Waals surface area (Å²) in [6, 6.07) is 3.21. The predicted molar refractivity (Wildman–Crippen MR) is 102 cm³/mol. The predicted octanol–water partition coefficient (Wildman–Crippen LogP) is 2.74. The topological polar surface area (TPSA) is 125 Å². The Bertz CT molecular complexity index is 985. The van der Waals surface area contributed by atoms with Crippen molar-refractivity contribution in [1.29, 1.82) is 0 Å². The van der Waals surface area contributed by atoms with E-state index in [4.69, 9.17) is 54.7 Å². The van der Waals surface area contributed by atoms with E-state index in [2.05, 4.69) is 15.8 Å². The second kappa shape index (κ2) is 7.88. The van der Waals surface area contributed by atoms with Crippen LogP contribution < -0.4 is 26.1 Å². The largest absolute Gasteiger partial charge is 0.493 e. The zero-order chi connectivity index (χ0) is 20.6. The number of cyclic esters (lactones) is 1. The average molecular weight is 448 g/mol. The summed E-state index contributed by atoms with van der Waals surface area (Å²) >= 11 is 17.7. The van der Waals surface area contributed by atoms with Gasteiger partial charge >= 0.3 is 5.97 Å². The maximum absolute atomic E-state index is 12.4. The number of carbonyl (C=O) groups excluding carboxylic acids is 2. The van der Waals surface area contributed by atoms with Gasteiger partial charge in [0.05, 0.1) is 24.9 Å². The Morgan fingerprint density at radius 1 is 1.21 bits per heavy atom. The number of hydrazine groups is 1. The molecule has 0 spiro atoms. The Hall–Kier alpha value is -2.46. The summed E-state index contributed by atoms with van der Waals surface area (Å²) in [6.45, 7) is 0. The van der Waals surface area contributed by atoms with Crippen LogP contribution in [0.1, 0.15) is 32.6 Å². The number of methoxy groups -OCH3 is 2. The molecule has 1 aromatic heterocycles. The molecule has 0 saturated carbocycles. The molecular formula is C16H13Cl3N4O5. The Kier molecular flexibility index (Phi) is 5.71. The van der Waals surface area contributed by atoms with E-state index in [1.54, 1.807) is 12.1 Å². The monoisotopic (exact) mass is 446 g/mol. The molecule has 2 aromatic rings. The number of aromatic nitrogens is 1. The number of benzene rings is 1. The first-order valence-corrected chi connectivity index (χ1v) is 8.75. The SMILES string of the molecule is COc1ccc2c(c1OC)C(=O)OC2NNC(=O)c1nc(Cl)c(Cl)c(N)c1Cl. The third-order valence-electron chi connectivity index (χ3n) is 3.89. The number of pyridine rings is 1. The zero-order valence-electron chi connectivity index (χ0n) is 14.4. The molecule has 1 atom stereocenters. The minimum atomic E-state index is -0.981. The molecule has 1 aromatic carbocycles. The van der Waals surface area contributed by atoms with Gasteiger partial charge in [0.25, 0.3) is 5.91 Å². The highest BCUT2D eigenvalue weighted by Gasteiger charge is 2.36. The molecule has 3 rings (SSSR count). The maximum atomic E-state index is 12.4. The van der Waals surface area contributed by atoms with E-state index in [0.29, 0.717) is 11.3 Å². The van der Waals surface area contributed by atoms with Gasteiger partial charge < -0.3 is 19.9 Å². The number of nitrogen functional groups attached to an aromatic ring is 1. The van der Waals surface area contributed by atoms with Crippen LogP contribution in [-0.2, 0) is 4.74 Å². The molecule has 12 heteroatoms. The molecule has 0 bridgehead atoms. The number of hydrogen-bond donors (Lipinski definition) is 3. The highest BCUT2D eigenvalue weighted by molar-refractivity contribution is 6.46. The van der Waals surface area contributed by atoms with Crippen LogP contribution in [0.15, 0.2) is 12.1 Å². The number of nitrogens with two attached hydrogens (primary N) is 1. The van der Waals surface area contributed by atoms with E-state index >= 15 is 0 Å². The number of amides is 1. The van der Waals surface area contributed by atoms with Crippen molar-refractivity contribution in [3.63, 3.8) is 0 Å². The highest BCUT2D eigenvalue weighted by Crippen LogP contribution is 2.40. The van der Waals surface area contributed by atoms with Crippen molar-refractivity contribution >= 4 is 52.4 Å². The van der Waals surface area contributed by atoms with Crippen molar-refractivity contribution < 1.29 is 23.8 Å². The summed E-state index contributed by atoms with van der Waals surface area (Å²) in [7, 11) is 2.84.